The number of aliphatic hydroxyl groups excluding tert-OH is 1. The van der Waals surface area contributed by atoms with Crippen molar-refractivity contribution in [3.8, 4) is 0 Å². The number of nitrogens with two attached hydrogens (primary N) is 1. The summed E-state index contributed by atoms with van der Waals surface area (Å²) >= 11 is 0. The van der Waals surface area contributed by atoms with E-state index in [9.17, 15) is 4.79 Å². The second kappa shape index (κ2) is 7.78. The first-order valence-electron chi connectivity index (χ1n) is 6.62. The molecule has 0 aromatic carbocycles. The minimum absolute atomic E-state index is 0.0977. The van der Waals surface area contributed by atoms with Crippen LogP contribution in [0, 0.1) is 13.8 Å². The van der Waals surface area contributed by atoms with Gasteiger partial charge >= 0.3 is 5.97 Å². The summed E-state index contributed by atoms with van der Waals surface area (Å²) in [5.74, 6) is -0.298. The quantitative estimate of drug-likeness (QED) is 0.546. The zero-order valence-corrected chi connectivity index (χ0v) is 11.7. The van der Waals surface area contributed by atoms with Gasteiger partial charge < -0.3 is 15.6 Å². The van der Waals surface area contributed by atoms with E-state index >= 15 is 0 Å². The van der Waals surface area contributed by atoms with Gasteiger partial charge in [-0.3, -0.25) is 9.48 Å². The van der Waals surface area contributed by atoms with Crippen LogP contribution in [-0.4, -0.2) is 34.1 Å². The minimum atomic E-state index is -0.298. The molecule has 1 rings (SSSR count). The number of hydrogen-bond acceptors (Lipinski definition) is 5. The molecule has 0 saturated carbocycles. The molecule has 0 unspecified atom stereocenters. The first-order valence-corrected chi connectivity index (χ1v) is 6.62. The molecule has 0 aliphatic rings. The van der Waals surface area contributed by atoms with Crippen LogP contribution in [0.2, 0.25) is 0 Å². The van der Waals surface area contributed by atoms with E-state index in [2.05, 4.69) is 5.10 Å². The maximum Gasteiger partial charge on any atom is 0.327 e. The Morgan fingerprint density at radius 1 is 1.32 bits per heavy atom. The van der Waals surface area contributed by atoms with Crippen LogP contribution in [0.1, 0.15) is 37.1 Å². The average molecular weight is 269 g/mol. The smallest absolute Gasteiger partial charge is 0.327 e. The van der Waals surface area contributed by atoms with Crippen molar-refractivity contribution in [2.75, 3.05) is 18.9 Å². The molecule has 0 aliphatic heterocycles. The Hall–Kier alpha value is -1.56. The second-order valence-corrected chi connectivity index (χ2v) is 4.60. The van der Waals surface area contributed by atoms with E-state index in [4.69, 9.17) is 15.6 Å². The van der Waals surface area contributed by atoms with E-state index in [1.807, 2.05) is 13.8 Å². The minimum Gasteiger partial charge on any atom is -0.464 e. The van der Waals surface area contributed by atoms with Crippen molar-refractivity contribution in [1.29, 1.82) is 0 Å². The molecule has 1 aromatic heterocycles. The van der Waals surface area contributed by atoms with Gasteiger partial charge in [-0.15, -0.1) is 0 Å². The number of carbonyl (C=O) groups is 1. The zero-order chi connectivity index (χ0) is 14.3. The van der Waals surface area contributed by atoms with E-state index in [-0.39, 0.29) is 19.1 Å². The summed E-state index contributed by atoms with van der Waals surface area (Å²) in [6.07, 6.45) is 3.55. The van der Waals surface area contributed by atoms with Crippen molar-refractivity contribution in [3.63, 3.8) is 0 Å². The molecule has 0 radical (unpaired) electrons. The number of nitrogen functional groups attached to an aromatic ring is 1. The molecule has 0 saturated heterocycles. The molecule has 3 N–H and O–H groups in total. The lowest BCUT2D eigenvalue weighted by Crippen LogP contribution is -2.16. The number of rotatable bonds is 8. The third kappa shape index (κ3) is 4.90. The molecule has 6 nitrogen and oxygen atoms in total. The maximum absolute atomic E-state index is 11.6. The van der Waals surface area contributed by atoms with Gasteiger partial charge in [-0.05, 0) is 33.1 Å². The summed E-state index contributed by atoms with van der Waals surface area (Å²) in [5.41, 5.74) is 7.93. The van der Waals surface area contributed by atoms with E-state index in [0.717, 1.165) is 37.1 Å². The van der Waals surface area contributed by atoms with Crippen molar-refractivity contribution in [3.05, 3.63) is 11.4 Å². The Morgan fingerprint density at radius 2 is 2.00 bits per heavy atom. The Morgan fingerprint density at radius 3 is 2.58 bits per heavy atom. The summed E-state index contributed by atoms with van der Waals surface area (Å²) in [4.78, 5) is 11.6. The van der Waals surface area contributed by atoms with E-state index in [0.29, 0.717) is 12.3 Å². The molecular formula is C13H23N3O3. The molecule has 108 valence electrons. The molecule has 1 heterocycles. The first kappa shape index (κ1) is 15.5. The lowest BCUT2D eigenvalue weighted by atomic mass is 10.2. The number of hydrogen-bond donors (Lipinski definition) is 2. The van der Waals surface area contributed by atoms with Crippen LogP contribution in [0.3, 0.4) is 0 Å². The molecule has 0 atom stereocenters. The fourth-order valence-corrected chi connectivity index (χ4v) is 1.79. The Labute approximate surface area is 113 Å². The van der Waals surface area contributed by atoms with Gasteiger partial charge in [-0.25, -0.2) is 0 Å². The Balaban J connectivity index is 2.26. The highest BCUT2D eigenvalue weighted by Crippen LogP contribution is 2.14. The topological polar surface area (TPSA) is 90.4 Å². The van der Waals surface area contributed by atoms with E-state index in [1.165, 1.54) is 0 Å². The lowest BCUT2D eigenvalue weighted by molar-refractivity contribution is -0.144. The number of ether oxygens (including phenoxy) is 1. The molecule has 6 heteroatoms. The zero-order valence-electron chi connectivity index (χ0n) is 11.7. The van der Waals surface area contributed by atoms with Gasteiger partial charge in [0.25, 0.3) is 0 Å². The van der Waals surface area contributed by atoms with Crippen LogP contribution in [0.15, 0.2) is 0 Å². The van der Waals surface area contributed by atoms with Crippen LogP contribution in [-0.2, 0) is 16.1 Å². The van der Waals surface area contributed by atoms with Crippen LogP contribution in [0.5, 0.6) is 0 Å². The van der Waals surface area contributed by atoms with Crippen LogP contribution in [0.4, 0.5) is 5.69 Å². The highest BCUT2D eigenvalue weighted by molar-refractivity contribution is 5.69. The normalized spacial score (nSPS) is 10.7. The van der Waals surface area contributed by atoms with Gasteiger partial charge in [-0.1, -0.05) is 6.42 Å². The first-order chi connectivity index (χ1) is 9.06. The number of aromatic nitrogens is 2. The summed E-state index contributed by atoms with van der Waals surface area (Å²) in [6.45, 7) is 4.38. The highest BCUT2D eigenvalue weighted by atomic mass is 16.5. The third-order valence-electron chi connectivity index (χ3n) is 3.03. The van der Waals surface area contributed by atoms with Gasteiger partial charge in [0.2, 0.25) is 0 Å². The van der Waals surface area contributed by atoms with Gasteiger partial charge in [0.15, 0.2) is 0 Å². The molecule has 0 aliphatic carbocycles. The van der Waals surface area contributed by atoms with Crippen molar-refractivity contribution >= 4 is 11.7 Å². The van der Waals surface area contributed by atoms with E-state index < -0.39 is 0 Å². The molecule has 19 heavy (non-hydrogen) atoms. The van der Waals surface area contributed by atoms with Crippen molar-refractivity contribution in [2.24, 2.45) is 0 Å². The molecule has 0 bridgehead atoms. The number of anilines is 1. The number of nitrogens with zero attached hydrogens (tertiary/aromatic N) is 2. The molecular weight excluding hydrogens is 246 g/mol. The fraction of sp³-hybridized carbons (Fsp3) is 0.692. The van der Waals surface area contributed by atoms with E-state index in [1.54, 1.807) is 4.68 Å². The monoisotopic (exact) mass is 269 g/mol. The molecule has 1 aromatic rings. The number of carbonyl (C=O) groups excluding carboxylic acids is 1. The highest BCUT2D eigenvalue weighted by Gasteiger charge is 2.11. The van der Waals surface area contributed by atoms with Crippen molar-refractivity contribution in [1.82, 2.24) is 9.78 Å². The number of esters is 1. The summed E-state index contributed by atoms with van der Waals surface area (Å²) in [7, 11) is 0. The molecule has 0 amide bonds. The Kier molecular flexibility index (Phi) is 6.35. The number of aryl methyl sites for hydroxylation is 1. The van der Waals surface area contributed by atoms with Gasteiger partial charge in [0, 0.05) is 6.61 Å². The molecule has 0 fully saturated rings. The molecule has 0 spiro atoms. The lowest BCUT2D eigenvalue weighted by Gasteiger charge is -2.06. The summed E-state index contributed by atoms with van der Waals surface area (Å²) in [6, 6.07) is 0. The maximum atomic E-state index is 11.6. The SMILES string of the molecule is Cc1nn(CC(=O)OCCCCCCO)c(C)c1N. The predicted molar refractivity (Wildman–Crippen MR) is 72.6 cm³/mol. The standard InChI is InChI=1S/C13H23N3O3/c1-10-13(14)11(2)16(15-10)9-12(18)19-8-6-4-3-5-7-17/h17H,3-9,14H2,1-2H3. The predicted octanol–water partition coefficient (Wildman–Crippen LogP) is 1.18. The van der Waals surface area contributed by atoms with Gasteiger partial charge in [-0.2, -0.15) is 5.10 Å². The summed E-state index contributed by atoms with van der Waals surface area (Å²) < 4.78 is 6.70. The largest absolute Gasteiger partial charge is 0.464 e. The second-order valence-electron chi connectivity index (χ2n) is 4.60. The van der Waals surface area contributed by atoms with Crippen LogP contribution >= 0.6 is 0 Å². The number of unbranched alkanes of at least 4 members (excludes halogenated alkanes) is 3. The van der Waals surface area contributed by atoms with Crippen LogP contribution in [0.25, 0.3) is 0 Å². The van der Waals surface area contributed by atoms with Crippen molar-refractivity contribution < 1.29 is 14.6 Å². The third-order valence-corrected chi connectivity index (χ3v) is 3.03. The van der Waals surface area contributed by atoms with Crippen LogP contribution < -0.4 is 5.73 Å². The van der Waals surface area contributed by atoms with Gasteiger partial charge in [0.05, 0.1) is 23.7 Å². The fourth-order valence-electron chi connectivity index (χ4n) is 1.79. The van der Waals surface area contributed by atoms with Gasteiger partial charge in [0.1, 0.15) is 6.54 Å². The Bertz CT molecular complexity index is 416. The number of aliphatic hydroxyl groups is 1. The average Bonchev–Trinajstić information content (AvgIpc) is 2.61. The van der Waals surface area contributed by atoms with Crippen molar-refractivity contribution in [2.45, 2.75) is 46.1 Å². The summed E-state index contributed by atoms with van der Waals surface area (Å²) in [5, 5.41) is 12.8.